The molecule has 0 aliphatic carbocycles. The quantitative estimate of drug-likeness (QED) is 0.212. The van der Waals surface area contributed by atoms with E-state index in [-0.39, 0.29) is 12.2 Å². The highest BCUT2D eigenvalue weighted by Crippen LogP contribution is 2.36. The first kappa shape index (κ1) is 29.3. The van der Waals surface area contributed by atoms with Crippen LogP contribution in [0.5, 0.6) is 11.5 Å². The van der Waals surface area contributed by atoms with Crippen LogP contribution in [0.15, 0.2) is 78.9 Å². The van der Waals surface area contributed by atoms with Crippen LogP contribution in [-0.4, -0.2) is 50.2 Å². The summed E-state index contributed by atoms with van der Waals surface area (Å²) in [6, 6.07) is 20.8. The van der Waals surface area contributed by atoms with Crippen LogP contribution in [0.25, 0.3) is 22.3 Å². The van der Waals surface area contributed by atoms with E-state index in [1.54, 1.807) is 48.5 Å². The van der Waals surface area contributed by atoms with Crippen molar-refractivity contribution in [2.45, 2.75) is 25.0 Å². The predicted octanol–water partition coefficient (Wildman–Crippen LogP) is 5.13. The highest BCUT2D eigenvalue weighted by atomic mass is 19.2. The molecule has 4 aromatic rings. The Kier molecular flexibility index (Phi) is 8.53. The zero-order valence-corrected chi connectivity index (χ0v) is 23.9. The molecule has 0 bridgehead atoms. The summed E-state index contributed by atoms with van der Waals surface area (Å²) in [4.78, 5) is 25.1. The molecule has 2 fully saturated rings. The second-order valence-electron chi connectivity index (χ2n) is 10.9. The Morgan fingerprint density at radius 3 is 1.89 bits per heavy atom. The van der Waals surface area contributed by atoms with Gasteiger partial charge in [0.2, 0.25) is 5.91 Å². The summed E-state index contributed by atoms with van der Waals surface area (Å²) in [5.74, 6) is -1.74. The van der Waals surface area contributed by atoms with Crippen LogP contribution in [0.1, 0.15) is 33.6 Å². The summed E-state index contributed by atoms with van der Waals surface area (Å²) in [5, 5.41) is 9.48. The molecule has 2 aliphatic rings. The first-order valence-corrected chi connectivity index (χ1v) is 14.5. The molecular weight excluding hydrogens is 566 g/mol. The number of carbonyl (C=O) groups excluding carboxylic acids is 2. The molecule has 8 nitrogen and oxygen atoms in total. The third-order valence-corrected chi connectivity index (χ3v) is 7.81. The van der Waals surface area contributed by atoms with Gasteiger partial charge in [0.15, 0.2) is 11.6 Å². The number of carbonyl (C=O) groups is 2. The van der Waals surface area contributed by atoms with Gasteiger partial charge in [-0.25, -0.2) is 8.78 Å². The standard InChI is InChI=1S/C34H32F2N4O4/c35-29-8-5-22(16-30(29)36)27-15-23(6-9-31(27)43-25-11-13-38-18-25)34(42)40-24-7-10-32(44-26-12-14-39-19-26)28(17-24)20-1-3-21(4-2-20)33(37)41/h1-10,15-17,25-26,38-39H,11-14,18-19H2,(H2,37,41)(H,40,42). The lowest BCUT2D eigenvalue weighted by Gasteiger charge is -2.19. The van der Waals surface area contributed by atoms with Gasteiger partial charge in [-0.15, -0.1) is 0 Å². The molecule has 5 N–H and O–H groups in total. The molecule has 2 saturated heterocycles. The number of anilines is 1. The van der Waals surface area contributed by atoms with Crippen molar-refractivity contribution in [1.82, 2.24) is 10.6 Å². The van der Waals surface area contributed by atoms with Crippen LogP contribution >= 0.6 is 0 Å². The minimum atomic E-state index is -0.988. The smallest absolute Gasteiger partial charge is 0.255 e. The number of nitrogens with two attached hydrogens (primary N) is 1. The van der Waals surface area contributed by atoms with Gasteiger partial charge >= 0.3 is 0 Å². The van der Waals surface area contributed by atoms with Crippen molar-refractivity contribution in [2.24, 2.45) is 5.73 Å². The van der Waals surface area contributed by atoms with Gasteiger partial charge in [-0.1, -0.05) is 18.2 Å². The summed E-state index contributed by atoms with van der Waals surface area (Å²) in [6.45, 7) is 3.10. The van der Waals surface area contributed by atoms with E-state index >= 15 is 0 Å². The molecule has 0 spiro atoms. The normalized spacial score (nSPS) is 17.8. The van der Waals surface area contributed by atoms with E-state index in [0.717, 1.165) is 55.7 Å². The van der Waals surface area contributed by atoms with E-state index in [9.17, 15) is 18.4 Å². The molecule has 2 amide bonds. The monoisotopic (exact) mass is 598 g/mol. The minimum absolute atomic E-state index is 0.00884. The first-order valence-electron chi connectivity index (χ1n) is 14.5. The highest BCUT2D eigenvalue weighted by Gasteiger charge is 2.22. The molecule has 0 radical (unpaired) electrons. The number of primary amides is 1. The van der Waals surface area contributed by atoms with Gasteiger partial charge in [-0.2, -0.15) is 0 Å². The lowest BCUT2D eigenvalue weighted by atomic mass is 10.0. The maximum atomic E-state index is 14.2. The second kappa shape index (κ2) is 12.8. The maximum Gasteiger partial charge on any atom is 0.255 e. The van der Waals surface area contributed by atoms with Gasteiger partial charge in [-0.05, 0) is 97.7 Å². The Labute approximate surface area is 253 Å². The fourth-order valence-corrected chi connectivity index (χ4v) is 5.43. The fraction of sp³-hybridized carbons (Fsp3) is 0.235. The maximum absolute atomic E-state index is 14.2. The molecule has 44 heavy (non-hydrogen) atoms. The summed E-state index contributed by atoms with van der Waals surface area (Å²) in [5.41, 5.74) is 9.04. The zero-order valence-electron chi connectivity index (χ0n) is 23.9. The van der Waals surface area contributed by atoms with Gasteiger partial charge in [-0.3, -0.25) is 9.59 Å². The van der Waals surface area contributed by atoms with Crippen LogP contribution in [0.3, 0.4) is 0 Å². The molecule has 2 heterocycles. The van der Waals surface area contributed by atoms with Gasteiger partial charge in [0, 0.05) is 41.0 Å². The van der Waals surface area contributed by atoms with Crippen LogP contribution in [0.2, 0.25) is 0 Å². The SMILES string of the molecule is NC(=O)c1ccc(-c2cc(NC(=O)c3ccc(OC4CCNC4)c(-c4ccc(F)c(F)c4)c3)ccc2OC2CCNC2)cc1. The van der Waals surface area contributed by atoms with E-state index in [1.165, 1.54) is 6.07 Å². The molecular formula is C34H32F2N4O4. The Bertz CT molecular complexity index is 1680. The average Bonchev–Trinajstić information content (AvgIpc) is 3.74. The molecule has 0 saturated carbocycles. The van der Waals surface area contributed by atoms with Crippen molar-refractivity contribution < 1.29 is 27.8 Å². The number of rotatable bonds is 9. The average molecular weight is 599 g/mol. The van der Waals surface area contributed by atoms with E-state index in [0.29, 0.717) is 46.0 Å². The number of halogens is 2. The molecule has 4 aromatic carbocycles. The lowest BCUT2D eigenvalue weighted by Crippen LogP contribution is -2.20. The Hall–Kier alpha value is -4.80. The number of benzene rings is 4. The van der Waals surface area contributed by atoms with E-state index in [4.69, 9.17) is 15.2 Å². The van der Waals surface area contributed by atoms with Gasteiger partial charge in [0.05, 0.1) is 0 Å². The molecule has 6 rings (SSSR count). The van der Waals surface area contributed by atoms with Crippen LogP contribution in [0, 0.1) is 11.6 Å². The molecule has 2 atom stereocenters. The van der Waals surface area contributed by atoms with Crippen molar-refractivity contribution in [3.05, 3.63) is 102 Å². The van der Waals surface area contributed by atoms with Crippen molar-refractivity contribution >= 4 is 17.5 Å². The first-order chi connectivity index (χ1) is 21.3. The lowest BCUT2D eigenvalue weighted by molar-refractivity contribution is 0.0997. The van der Waals surface area contributed by atoms with Crippen molar-refractivity contribution in [2.75, 3.05) is 31.5 Å². The van der Waals surface area contributed by atoms with Crippen LogP contribution in [0.4, 0.5) is 14.5 Å². The zero-order chi connectivity index (χ0) is 30.6. The van der Waals surface area contributed by atoms with Crippen LogP contribution < -0.4 is 31.2 Å². The molecule has 226 valence electrons. The third-order valence-electron chi connectivity index (χ3n) is 7.81. The highest BCUT2D eigenvalue weighted by molar-refractivity contribution is 6.05. The van der Waals surface area contributed by atoms with Crippen LogP contribution in [-0.2, 0) is 0 Å². The predicted molar refractivity (Wildman–Crippen MR) is 164 cm³/mol. The van der Waals surface area contributed by atoms with Gasteiger partial charge < -0.3 is 31.2 Å². The van der Waals surface area contributed by atoms with Crippen molar-refractivity contribution in [1.29, 1.82) is 0 Å². The summed E-state index contributed by atoms with van der Waals surface area (Å²) in [7, 11) is 0. The fourth-order valence-electron chi connectivity index (χ4n) is 5.43. The number of nitrogens with one attached hydrogen (secondary N) is 3. The summed E-state index contributed by atoms with van der Waals surface area (Å²) in [6.07, 6.45) is 1.62. The number of hydrogen-bond acceptors (Lipinski definition) is 6. The molecule has 10 heteroatoms. The number of hydrogen-bond donors (Lipinski definition) is 4. The number of ether oxygens (including phenoxy) is 2. The van der Waals surface area contributed by atoms with Gasteiger partial charge in [0.25, 0.3) is 5.91 Å². The van der Waals surface area contributed by atoms with E-state index < -0.39 is 23.4 Å². The topological polar surface area (TPSA) is 115 Å². The Balaban J connectivity index is 1.30. The second-order valence-corrected chi connectivity index (χ2v) is 10.9. The minimum Gasteiger partial charge on any atom is -0.488 e. The Morgan fingerprint density at radius 2 is 1.30 bits per heavy atom. The molecule has 2 unspecified atom stereocenters. The largest absolute Gasteiger partial charge is 0.488 e. The van der Waals surface area contributed by atoms with E-state index in [2.05, 4.69) is 16.0 Å². The molecule has 0 aromatic heterocycles. The summed E-state index contributed by atoms with van der Waals surface area (Å²) >= 11 is 0. The number of amides is 2. The third kappa shape index (κ3) is 6.56. The summed E-state index contributed by atoms with van der Waals surface area (Å²) < 4.78 is 40.4. The van der Waals surface area contributed by atoms with Crippen molar-refractivity contribution in [3.8, 4) is 33.8 Å². The van der Waals surface area contributed by atoms with Crippen molar-refractivity contribution in [3.63, 3.8) is 0 Å². The molecule has 2 aliphatic heterocycles. The van der Waals surface area contributed by atoms with Gasteiger partial charge in [0.1, 0.15) is 23.7 Å². The van der Waals surface area contributed by atoms with E-state index in [1.807, 2.05) is 12.1 Å². The Morgan fingerprint density at radius 1 is 0.705 bits per heavy atom.